The van der Waals surface area contributed by atoms with Crippen LogP contribution in [0.5, 0.6) is 0 Å². The van der Waals surface area contributed by atoms with Gasteiger partial charge in [-0.2, -0.15) is 0 Å². The van der Waals surface area contributed by atoms with Crippen molar-refractivity contribution in [3.8, 4) is 11.3 Å². The molecule has 1 aromatic heterocycles. The lowest BCUT2D eigenvalue weighted by Gasteiger charge is -2.11. The first-order valence-corrected chi connectivity index (χ1v) is 10.8. The molecule has 0 radical (unpaired) electrons. The summed E-state index contributed by atoms with van der Waals surface area (Å²) >= 11 is 9.48. The lowest BCUT2D eigenvalue weighted by Crippen LogP contribution is -2.08. The van der Waals surface area contributed by atoms with E-state index < -0.39 is 0 Å². The lowest BCUT2D eigenvalue weighted by molar-refractivity contribution is 0.0500. The van der Waals surface area contributed by atoms with Crippen molar-refractivity contribution < 1.29 is 9.53 Å². The van der Waals surface area contributed by atoms with Gasteiger partial charge in [-0.05, 0) is 42.8 Å². The molecule has 0 amide bonds. The van der Waals surface area contributed by atoms with Crippen LogP contribution < -0.4 is 0 Å². The van der Waals surface area contributed by atoms with Crippen molar-refractivity contribution in [1.82, 2.24) is 4.98 Å². The molecule has 0 N–H and O–H groups in total. The van der Waals surface area contributed by atoms with Gasteiger partial charge in [-0.1, -0.05) is 72.3 Å². The highest BCUT2D eigenvalue weighted by molar-refractivity contribution is 9.10. The third kappa shape index (κ3) is 5.33. The van der Waals surface area contributed by atoms with Gasteiger partial charge >= 0.3 is 5.97 Å². The molecule has 0 aliphatic carbocycles. The molecule has 3 rings (SSSR count). The zero-order chi connectivity index (χ0) is 19.9. The molecule has 0 bridgehead atoms. The van der Waals surface area contributed by atoms with Crippen molar-refractivity contribution in [1.29, 1.82) is 0 Å². The van der Waals surface area contributed by atoms with Gasteiger partial charge < -0.3 is 4.74 Å². The Kier molecular flexibility index (Phi) is 7.46. The third-order valence-electron chi connectivity index (χ3n) is 4.61. The first-order chi connectivity index (χ1) is 13.6. The maximum atomic E-state index is 12.8. The highest BCUT2D eigenvalue weighted by Gasteiger charge is 2.16. The number of aromatic nitrogens is 1. The van der Waals surface area contributed by atoms with Crippen LogP contribution in [0, 0.1) is 0 Å². The largest absolute Gasteiger partial charge is 0.462 e. The van der Waals surface area contributed by atoms with Crippen LogP contribution in [0.15, 0.2) is 53.0 Å². The van der Waals surface area contributed by atoms with Gasteiger partial charge in [0.25, 0.3) is 0 Å². The number of rotatable bonds is 8. The monoisotopic (exact) mass is 459 g/mol. The number of benzene rings is 2. The van der Waals surface area contributed by atoms with E-state index in [1.54, 1.807) is 6.07 Å². The predicted molar refractivity (Wildman–Crippen MR) is 119 cm³/mol. The van der Waals surface area contributed by atoms with E-state index in [9.17, 15) is 4.79 Å². The molecule has 0 saturated carbocycles. The predicted octanol–water partition coefficient (Wildman–Crippen LogP) is 7.44. The normalized spacial score (nSPS) is 11.0. The van der Waals surface area contributed by atoms with E-state index in [2.05, 4.69) is 22.9 Å². The summed E-state index contributed by atoms with van der Waals surface area (Å²) in [5, 5.41) is 1.44. The molecule has 0 aliphatic rings. The maximum Gasteiger partial charge on any atom is 0.338 e. The minimum atomic E-state index is -0.309. The van der Waals surface area contributed by atoms with Gasteiger partial charge in [0.2, 0.25) is 0 Å². The van der Waals surface area contributed by atoms with Gasteiger partial charge in [0.1, 0.15) is 0 Å². The molecular weight excluding hydrogens is 438 g/mol. The van der Waals surface area contributed by atoms with Crippen LogP contribution in [0.4, 0.5) is 0 Å². The summed E-state index contributed by atoms with van der Waals surface area (Å²) in [6, 6.07) is 15.0. The second-order valence-corrected chi connectivity index (χ2v) is 8.13. The molecule has 0 unspecified atom stereocenters. The van der Waals surface area contributed by atoms with Crippen LogP contribution in [-0.2, 0) is 4.74 Å². The number of fused-ring (bicyclic) bond motifs is 1. The topological polar surface area (TPSA) is 39.2 Å². The van der Waals surface area contributed by atoms with E-state index in [1.165, 1.54) is 19.3 Å². The number of halogens is 2. The van der Waals surface area contributed by atoms with Crippen molar-refractivity contribution in [3.63, 3.8) is 0 Å². The smallest absolute Gasteiger partial charge is 0.338 e. The average Bonchev–Trinajstić information content (AvgIpc) is 2.70. The molecule has 3 nitrogen and oxygen atoms in total. The Morgan fingerprint density at radius 1 is 1.04 bits per heavy atom. The van der Waals surface area contributed by atoms with Crippen molar-refractivity contribution in [3.05, 3.63) is 63.6 Å². The number of carbonyl (C=O) groups is 1. The second-order valence-electron chi connectivity index (χ2n) is 6.77. The van der Waals surface area contributed by atoms with Crippen LogP contribution >= 0.6 is 27.5 Å². The van der Waals surface area contributed by atoms with Gasteiger partial charge in [0.15, 0.2) is 0 Å². The summed E-state index contributed by atoms with van der Waals surface area (Å²) in [7, 11) is 0. The second kappa shape index (κ2) is 10.0. The van der Waals surface area contributed by atoms with E-state index >= 15 is 0 Å². The summed E-state index contributed by atoms with van der Waals surface area (Å²) < 4.78 is 6.46. The lowest BCUT2D eigenvalue weighted by atomic mass is 10.0. The Balaban J connectivity index is 1.87. The number of esters is 1. The number of carbonyl (C=O) groups excluding carboxylic acids is 1. The molecule has 0 fully saturated rings. The van der Waals surface area contributed by atoms with Gasteiger partial charge in [0, 0.05) is 20.4 Å². The maximum absolute atomic E-state index is 12.8. The Labute approximate surface area is 179 Å². The molecule has 0 saturated heterocycles. The zero-order valence-corrected chi connectivity index (χ0v) is 18.2. The molecule has 3 aromatic rings. The number of hydrogen-bond donors (Lipinski definition) is 0. The fraction of sp³-hybridized carbons (Fsp3) is 0.304. The minimum Gasteiger partial charge on any atom is -0.462 e. The zero-order valence-electron chi connectivity index (χ0n) is 15.9. The number of ether oxygens (including phenoxy) is 1. The fourth-order valence-corrected chi connectivity index (χ4v) is 3.57. The van der Waals surface area contributed by atoms with Crippen molar-refractivity contribution in [2.24, 2.45) is 0 Å². The molecule has 2 aromatic carbocycles. The van der Waals surface area contributed by atoms with Crippen molar-refractivity contribution in [2.75, 3.05) is 6.61 Å². The van der Waals surface area contributed by atoms with E-state index in [0.29, 0.717) is 17.2 Å². The summed E-state index contributed by atoms with van der Waals surface area (Å²) in [6.07, 6.45) is 5.58. The van der Waals surface area contributed by atoms with Gasteiger partial charge in [-0.3, -0.25) is 0 Å². The standard InChI is InChI=1S/C23H23BrClNO2/c1-2-3-4-5-6-13-28-23(27)20-15-22(16-7-10-18(25)11-8-16)26-21-12-9-17(24)14-19(20)21/h7-12,14-15H,2-6,13H2,1H3. The number of hydrogen-bond acceptors (Lipinski definition) is 3. The first-order valence-electron chi connectivity index (χ1n) is 9.62. The van der Waals surface area contributed by atoms with Crippen LogP contribution in [0.1, 0.15) is 49.4 Å². The van der Waals surface area contributed by atoms with Crippen molar-refractivity contribution in [2.45, 2.75) is 39.0 Å². The quantitative estimate of drug-likeness (QED) is 0.259. The Morgan fingerprint density at radius 2 is 1.79 bits per heavy atom. The van der Waals surface area contributed by atoms with Crippen LogP contribution in [0.25, 0.3) is 22.2 Å². The van der Waals surface area contributed by atoms with Gasteiger partial charge in [-0.15, -0.1) is 0 Å². The third-order valence-corrected chi connectivity index (χ3v) is 5.36. The van der Waals surface area contributed by atoms with E-state index in [0.717, 1.165) is 39.5 Å². The minimum absolute atomic E-state index is 0.309. The molecule has 5 heteroatoms. The molecular formula is C23H23BrClNO2. The van der Waals surface area contributed by atoms with Gasteiger partial charge in [-0.25, -0.2) is 9.78 Å². The Morgan fingerprint density at radius 3 is 2.54 bits per heavy atom. The summed E-state index contributed by atoms with van der Waals surface area (Å²) in [4.78, 5) is 17.5. The summed E-state index contributed by atoms with van der Waals surface area (Å²) in [6.45, 7) is 2.63. The highest BCUT2D eigenvalue weighted by Crippen LogP contribution is 2.28. The SMILES string of the molecule is CCCCCCCOC(=O)c1cc(-c2ccc(Cl)cc2)nc2ccc(Br)cc12. The first kappa shape index (κ1) is 20.8. The summed E-state index contributed by atoms with van der Waals surface area (Å²) in [5.41, 5.74) is 2.92. The van der Waals surface area contributed by atoms with E-state index in [4.69, 9.17) is 21.3 Å². The van der Waals surface area contributed by atoms with E-state index in [1.807, 2.05) is 42.5 Å². The average molecular weight is 461 g/mol. The molecule has 0 spiro atoms. The van der Waals surface area contributed by atoms with Crippen LogP contribution in [-0.4, -0.2) is 17.6 Å². The Hall–Kier alpha value is -1.91. The van der Waals surface area contributed by atoms with Crippen LogP contribution in [0.2, 0.25) is 5.02 Å². The van der Waals surface area contributed by atoms with E-state index in [-0.39, 0.29) is 5.97 Å². The Bertz CT molecular complexity index is 957. The number of unbranched alkanes of at least 4 members (excludes halogenated alkanes) is 4. The fourth-order valence-electron chi connectivity index (χ4n) is 3.08. The molecule has 146 valence electrons. The molecule has 28 heavy (non-hydrogen) atoms. The van der Waals surface area contributed by atoms with Crippen molar-refractivity contribution >= 4 is 44.4 Å². The van der Waals surface area contributed by atoms with Crippen LogP contribution in [0.3, 0.4) is 0 Å². The summed E-state index contributed by atoms with van der Waals surface area (Å²) in [5.74, 6) is -0.309. The highest BCUT2D eigenvalue weighted by atomic mass is 79.9. The van der Waals surface area contributed by atoms with Gasteiger partial charge in [0.05, 0.1) is 23.4 Å². The molecule has 0 atom stereocenters. The number of nitrogens with zero attached hydrogens (tertiary/aromatic N) is 1. The molecule has 1 heterocycles. The number of pyridine rings is 1. The molecule has 0 aliphatic heterocycles.